The van der Waals surface area contributed by atoms with Gasteiger partial charge >= 0.3 is 0 Å². The Balaban J connectivity index is 2.72. The number of halogens is 2. The van der Waals surface area contributed by atoms with Gasteiger partial charge in [-0.05, 0) is 12.1 Å². The quantitative estimate of drug-likeness (QED) is 0.546. The van der Waals surface area contributed by atoms with Crippen molar-refractivity contribution in [2.45, 2.75) is 6.61 Å². The fourth-order valence-electron chi connectivity index (χ4n) is 0.704. The number of aromatic nitrogens is 1. The second kappa shape index (κ2) is 4.08. The predicted octanol–water partition coefficient (Wildman–Crippen LogP) is 0.826. The summed E-state index contributed by atoms with van der Waals surface area (Å²) in [7, 11) is 0. The van der Waals surface area contributed by atoms with Crippen molar-refractivity contribution >= 4 is 0 Å². The Hall–Kier alpha value is -1.07. The molecule has 0 fully saturated rings. The second-order valence-corrected chi connectivity index (χ2v) is 2.06. The van der Waals surface area contributed by atoms with E-state index in [0.717, 1.165) is 6.07 Å². The highest BCUT2D eigenvalue weighted by molar-refractivity contribution is 5.10. The molecule has 66 valence electrons. The molecular formula is C7H7F2NO2. The van der Waals surface area contributed by atoms with Crippen LogP contribution in [0, 0.1) is 11.9 Å². The molecule has 0 unspecified atom stereocenters. The lowest BCUT2D eigenvalue weighted by atomic mass is 10.3. The van der Waals surface area contributed by atoms with Gasteiger partial charge in [-0.15, -0.1) is 0 Å². The standard InChI is InChI=1S/C7H7F2NO2/c8-6-2-1-5(3-12-4-11)7(9)10-6/h1-2,11H,3-4H2. The molecule has 1 heterocycles. The highest BCUT2D eigenvalue weighted by Crippen LogP contribution is 2.06. The highest BCUT2D eigenvalue weighted by atomic mass is 19.1. The molecule has 0 aromatic carbocycles. The summed E-state index contributed by atoms with van der Waals surface area (Å²) in [6.07, 6.45) is 0. The summed E-state index contributed by atoms with van der Waals surface area (Å²) in [4.78, 5) is 2.93. The second-order valence-electron chi connectivity index (χ2n) is 2.06. The maximum atomic E-state index is 12.7. The zero-order valence-electron chi connectivity index (χ0n) is 6.13. The van der Waals surface area contributed by atoms with E-state index in [9.17, 15) is 8.78 Å². The molecule has 12 heavy (non-hydrogen) atoms. The normalized spacial score (nSPS) is 10.2. The van der Waals surface area contributed by atoms with Crippen LogP contribution < -0.4 is 0 Å². The first-order valence-electron chi connectivity index (χ1n) is 3.23. The third-order valence-electron chi connectivity index (χ3n) is 1.24. The lowest BCUT2D eigenvalue weighted by Gasteiger charge is -2.00. The van der Waals surface area contributed by atoms with Crippen LogP contribution in [0.15, 0.2) is 12.1 Å². The van der Waals surface area contributed by atoms with Crippen molar-refractivity contribution in [1.82, 2.24) is 4.98 Å². The van der Waals surface area contributed by atoms with Crippen LogP contribution in [0.3, 0.4) is 0 Å². The highest BCUT2D eigenvalue weighted by Gasteiger charge is 2.04. The van der Waals surface area contributed by atoms with Gasteiger partial charge in [0.05, 0.1) is 6.61 Å². The number of hydrogen-bond acceptors (Lipinski definition) is 3. The van der Waals surface area contributed by atoms with Crippen molar-refractivity contribution in [3.8, 4) is 0 Å². The van der Waals surface area contributed by atoms with E-state index >= 15 is 0 Å². The van der Waals surface area contributed by atoms with Crippen LogP contribution in [0.5, 0.6) is 0 Å². The van der Waals surface area contributed by atoms with Gasteiger partial charge in [0, 0.05) is 5.56 Å². The summed E-state index contributed by atoms with van der Waals surface area (Å²) in [5.74, 6) is -1.79. The van der Waals surface area contributed by atoms with Crippen LogP contribution in [0.1, 0.15) is 5.56 Å². The molecule has 0 aliphatic carbocycles. The van der Waals surface area contributed by atoms with E-state index in [1.807, 2.05) is 0 Å². The molecule has 0 saturated carbocycles. The van der Waals surface area contributed by atoms with Crippen LogP contribution >= 0.6 is 0 Å². The summed E-state index contributed by atoms with van der Waals surface area (Å²) in [6.45, 7) is -0.619. The van der Waals surface area contributed by atoms with Crippen LogP contribution in [-0.2, 0) is 11.3 Å². The van der Waals surface area contributed by atoms with Gasteiger partial charge in [-0.25, -0.2) is 0 Å². The minimum atomic E-state index is -0.913. The number of nitrogens with zero attached hydrogens (tertiary/aromatic N) is 1. The third-order valence-corrected chi connectivity index (χ3v) is 1.24. The molecule has 0 amide bonds. The van der Waals surface area contributed by atoms with Gasteiger partial charge in [0.1, 0.15) is 6.79 Å². The van der Waals surface area contributed by atoms with Crippen molar-refractivity contribution in [3.63, 3.8) is 0 Å². The molecule has 0 aliphatic rings. The van der Waals surface area contributed by atoms with Crippen molar-refractivity contribution in [3.05, 3.63) is 29.6 Å². The molecule has 0 saturated heterocycles. The van der Waals surface area contributed by atoms with E-state index < -0.39 is 18.7 Å². The number of aliphatic hydroxyl groups is 1. The summed E-state index contributed by atoms with van der Waals surface area (Å²) in [5.41, 5.74) is 0.116. The van der Waals surface area contributed by atoms with Crippen molar-refractivity contribution in [2.75, 3.05) is 6.79 Å². The Morgan fingerprint density at radius 3 is 2.75 bits per heavy atom. The van der Waals surface area contributed by atoms with E-state index in [0.29, 0.717) is 0 Å². The topological polar surface area (TPSA) is 42.4 Å². The first-order valence-corrected chi connectivity index (χ1v) is 3.23. The van der Waals surface area contributed by atoms with Gasteiger partial charge in [0.25, 0.3) is 0 Å². The SMILES string of the molecule is OCOCc1ccc(F)nc1F. The van der Waals surface area contributed by atoms with Crippen LogP contribution in [-0.4, -0.2) is 16.9 Å². The Morgan fingerprint density at radius 1 is 1.42 bits per heavy atom. The van der Waals surface area contributed by atoms with Gasteiger partial charge in [0.15, 0.2) is 0 Å². The molecule has 1 N–H and O–H groups in total. The molecule has 3 nitrogen and oxygen atoms in total. The number of aliphatic hydroxyl groups excluding tert-OH is 1. The third kappa shape index (κ3) is 2.21. The van der Waals surface area contributed by atoms with Crippen LogP contribution in [0.4, 0.5) is 8.78 Å². The van der Waals surface area contributed by atoms with E-state index in [2.05, 4.69) is 9.72 Å². The lowest BCUT2D eigenvalue weighted by Crippen LogP contribution is -2.00. The maximum absolute atomic E-state index is 12.7. The molecule has 1 aromatic rings. The zero-order chi connectivity index (χ0) is 8.97. The number of hydrogen-bond donors (Lipinski definition) is 1. The predicted molar refractivity (Wildman–Crippen MR) is 36.0 cm³/mol. The molecule has 1 aromatic heterocycles. The average Bonchev–Trinajstić information content (AvgIpc) is 2.03. The van der Waals surface area contributed by atoms with Gasteiger partial charge in [-0.3, -0.25) is 0 Å². The molecule has 0 atom stereocenters. The van der Waals surface area contributed by atoms with Gasteiger partial charge in [0.2, 0.25) is 11.9 Å². The van der Waals surface area contributed by atoms with Crippen molar-refractivity contribution in [1.29, 1.82) is 0 Å². The molecule has 0 spiro atoms. The maximum Gasteiger partial charge on any atom is 0.221 e. The van der Waals surface area contributed by atoms with Gasteiger partial charge < -0.3 is 9.84 Å². The van der Waals surface area contributed by atoms with Crippen LogP contribution in [0.25, 0.3) is 0 Å². The van der Waals surface area contributed by atoms with Gasteiger partial charge in [-0.1, -0.05) is 0 Å². The molecular weight excluding hydrogens is 168 g/mol. The van der Waals surface area contributed by atoms with Crippen molar-refractivity contribution in [2.24, 2.45) is 0 Å². The largest absolute Gasteiger partial charge is 0.371 e. The number of pyridine rings is 1. The Bertz CT molecular complexity index is 268. The minimum Gasteiger partial charge on any atom is -0.371 e. The smallest absolute Gasteiger partial charge is 0.221 e. The van der Waals surface area contributed by atoms with E-state index in [1.54, 1.807) is 0 Å². The minimum absolute atomic E-state index is 0.115. The summed E-state index contributed by atoms with van der Waals surface area (Å²) in [6, 6.07) is 2.24. The number of rotatable bonds is 3. The Morgan fingerprint density at radius 2 is 2.17 bits per heavy atom. The molecule has 5 heteroatoms. The van der Waals surface area contributed by atoms with E-state index in [1.165, 1.54) is 6.07 Å². The molecule has 0 bridgehead atoms. The van der Waals surface area contributed by atoms with E-state index in [4.69, 9.17) is 5.11 Å². The zero-order valence-corrected chi connectivity index (χ0v) is 6.13. The number of ether oxygens (including phenoxy) is 1. The molecule has 1 rings (SSSR count). The first kappa shape index (κ1) is 9.02. The lowest BCUT2D eigenvalue weighted by molar-refractivity contribution is -0.0124. The fraction of sp³-hybridized carbons (Fsp3) is 0.286. The summed E-state index contributed by atoms with van der Waals surface area (Å²) in [5, 5.41) is 8.23. The van der Waals surface area contributed by atoms with Gasteiger partial charge in [-0.2, -0.15) is 13.8 Å². The monoisotopic (exact) mass is 175 g/mol. The Kier molecular flexibility index (Phi) is 3.07. The van der Waals surface area contributed by atoms with Crippen LogP contribution in [0.2, 0.25) is 0 Å². The Labute approximate surface area is 67.6 Å². The molecule has 0 aliphatic heterocycles. The van der Waals surface area contributed by atoms with Crippen molar-refractivity contribution < 1.29 is 18.6 Å². The summed E-state index contributed by atoms with van der Waals surface area (Å²) < 4.78 is 29.4. The average molecular weight is 175 g/mol. The fourth-order valence-corrected chi connectivity index (χ4v) is 0.704. The first-order chi connectivity index (χ1) is 5.74. The summed E-state index contributed by atoms with van der Waals surface area (Å²) >= 11 is 0. The van der Waals surface area contributed by atoms with E-state index in [-0.39, 0.29) is 12.2 Å². The molecule has 0 radical (unpaired) electrons.